The third-order valence-electron chi connectivity index (χ3n) is 8.07. The van der Waals surface area contributed by atoms with Crippen molar-refractivity contribution in [3.05, 3.63) is 89.1 Å². The van der Waals surface area contributed by atoms with E-state index < -0.39 is 12.1 Å². The first-order chi connectivity index (χ1) is 20.9. The van der Waals surface area contributed by atoms with Gasteiger partial charge in [-0.1, -0.05) is 24.3 Å². The number of hydrogen-bond acceptors (Lipinski definition) is 6. The minimum atomic E-state index is -0.483. The Bertz CT molecular complexity index is 1680. The molecule has 2 atom stereocenters. The lowest BCUT2D eigenvalue weighted by molar-refractivity contribution is -0.133. The van der Waals surface area contributed by atoms with Gasteiger partial charge in [0, 0.05) is 60.3 Å². The maximum Gasteiger partial charge on any atom is 0.258 e. The highest BCUT2D eigenvalue weighted by Crippen LogP contribution is 2.28. The van der Waals surface area contributed by atoms with Crippen molar-refractivity contribution in [3.63, 3.8) is 0 Å². The molecule has 3 aliphatic rings. The summed E-state index contributed by atoms with van der Waals surface area (Å²) in [5.74, 6) is 0.938. The number of nitrogens with one attached hydrogen (secondary N) is 3. The number of carbonyl (C=O) groups is 3. The summed E-state index contributed by atoms with van der Waals surface area (Å²) >= 11 is 0. The zero-order valence-electron chi connectivity index (χ0n) is 24.1. The van der Waals surface area contributed by atoms with Crippen LogP contribution in [0.4, 0.5) is 0 Å². The van der Waals surface area contributed by atoms with Crippen molar-refractivity contribution in [1.82, 2.24) is 20.5 Å². The summed E-state index contributed by atoms with van der Waals surface area (Å²) in [5.41, 5.74) is 3.89. The number of piperidine rings is 1. The third-order valence-corrected chi connectivity index (χ3v) is 8.07. The van der Waals surface area contributed by atoms with Gasteiger partial charge in [0.05, 0.1) is 19.6 Å². The van der Waals surface area contributed by atoms with E-state index in [9.17, 15) is 14.4 Å². The van der Waals surface area contributed by atoms with Crippen LogP contribution in [0.1, 0.15) is 33.5 Å². The van der Waals surface area contributed by atoms with E-state index in [1.807, 2.05) is 49.5 Å². The van der Waals surface area contributed by atoms with Gasteiger partial charge in [-0.3, -0.25) is 14.4 Å². The summed E-state index contributed by atoms with van der Waals surface area (Å²) in [5, 5.41) is 6.98. The zero-order valence-corrected chi connectivity index (χ0v) is 24.1. The minimum Gasteiger partial charge on any atom is -0.496 e. The first-order valence-electron chi connectivity index (χ1n) is 14.4. The van der Waals surface area contributed by atoms with Crippen molar-refractivity contribution >= 4 is 28.6 Å². The highest BCUT2D eigenvalue weighted by Gasteiger charge is 2.35. The van der Waals surface area contributed by atoms with E-state index in [-0.39, 0.29) is 37.3 Å². The first kappa shape index (κ1) is 28.1. The molecule has 7 rings (SSSR count). The van der Waals surface area contributed by atoms with Crippen LogP contribution in [0.2, 0.25) is 0 Å². The van der Waals surface area contributed by atoms with Gasteiger partial charge < -0.3 is 34.7 Å². The fraction of sp³-hybridized carbons (Fsp3) is 0.303. The first-order valence-corrected chi connectivity index (χ1v) is 14.4. The molecule has 0 unspecified atom stereocenters. The molecule has 1 fully saturated rings. The van der Waals surface area contributed by atoms with Crippen molar-refractivity contribution in [3.8, 4) is 17.2 Å². The fourth-order valence-corrected chi connectivity index (χ4v) is 5.65. The number of rotatable bonds is 3. The number of aryl methyl sites for hydroxylation is 1. The molecule has 4 heterocycles. The molecule has 3 aliphatic heterocycles. The van der Waals surface area contributed by atoms with Crippen LogP contribution in [0.15, 0.2) is 66.9 Å². The maximum absolute atomic E-state index is 13.5. The Morgan fingerprint density at radius 2 is 1.95 bits per heavy atom. The molecule has 222 valence electrons. The molecule has 1 saturated heterocycles. The molecular weight excluding hydrogens is 548 g/mol. The van der Waals surface area contributed by atoms with Crippen molar-refractivity contribution < 1.29 is 28.6 Å². The van der Waals surface area contributed by atoms with Gasteiger partial charge in [0.1, 0.15) is 23.4 Å². The van der Waals surface area contributed by atoms with Crippen LogP contribution in [0.25, 0.3) is 10.9 Å². The van der Waals surface area contributed by atoms with Crippen molar-refractivity contribution in [2.24, 2.45) is 0 Å². The Hall–Kier alpha value is -4.99. The molecule has 4 bridgehead atoms. The van der Waals surface area contributed by atoms with Gasteiger partial charge in [-0.2, -0.15) is 0 Å². The van der Waals surface area contributed by atoms with E-state index in [0.29, 0.717) is 42.3 Å². The quantitative estimate of drug-likeness (QED) is 0.340. The second-order valence-corrected chi connectivity index (χ2v) is 10.9. The minimum absolute atomic E-state index is 0.0185. The number of amides is 3. The zero-order chi connectivity index (χ0) is 29.9. The lowest BCUT2D eigenvalue weighted by Gasteiger charge is -2.39. The Morgan fingerprint density at radius 3 is 2.81 bits per heavy atom. The van der Waals surface area contributed by atoms with Gasteiger partial charge in [-0.05, 0) is 48.4 Å². The van der Waals surface area contributed by atoms with E-state index >= 15 is 0 Å². The number of fused-ring (bicyclic) bond motifs is 8. The number of ether oxygens (including phenoxy) is 3. The molecule has 10 nitrogen and oxygen atoms in total. The summed E-state index contributed by atoms with van der Waals surface area (Å²) in [4.78, 5) is 44.6. The van der Waals surface area contributed by atoms with Crippen LogP contribution in [0.5, 0.6) is 17.2 Å². The van der Waals surface area contributed by atoms with Gasteiger partial charge in [0.2, 0.25) is 5.91 Å². The Morgan fingerprint density at radius 1 is 1.09 bits per heavy atom. The topological polar surface area (TPSA) is 122 Å². The SMILES string of the molecule is COc1cc2ccc1CNC(=O)COc1cc(ccc1C)C(=O)N[C@H]1CN(C(=O)Cc3c[nH]c4ccccc34)CC[C@H]1O2. The molecule has 0 aliphatic carbocycles. The van der Waals surface area contributed by atoms with Crippen LogP contribution in [-0.4, -0.2) is 66.6 Å². The van der Waals surface area contributed by atoms with E-state index in [0.717, 1.165) is 27.6 Å². The van der Waals surface area contributed by atoms with Gasteiger partial charge >= 0.3 is 0 Å². The lowest BCUT2D eigenvalue weighted by atomic mass is 9.99. The number of aromatic amines is 1. The molecule has 0 saturated carbocycles. The summed E-state index contributed by atoms with van der Waals surface area (Å²) < 4.78 is 17.8. The van der Waals surface area contributed by atoms with Crippen molar-refractivity contribution in [1.29, 1.82) is 0 Å². The van der Waals surface area contributed by atoms with Gasteiger partial charge in [0.25, 0.3) is 11.8 Å². The number of benzene rings is 3. The number of aromatic nitrogens is 1. The number of methoxy groups -OCH3 is 1. The highest BCUT2D eigenvalue weighted by atomic mass is 16.5. The van der Waals surface area contributed by atoms with Crippen LogP contribution in [-0.2, 0) is 22.6 Å². The average Bonchev–Trinajstić information content (AvgIpc) is 3.42. The molecular formula is C33H34N4O6. The van der Waals surface area contributed by atoms with Crippen LogP contribution in [0.3, 0.4) is 0 Å². The number of carbonyl (C=O) groups excluding carboxylic acids is 3. The Balaban J connectivity index is 1.28. The molecule has 3 N–H and O–H groups in total. The third kappa shape index (κ3) is 6.13. The second-order valence-electron chi connectivity index (χ2n) is 10.9. The van der Waals surface area contributed by atoms with E-state index in [1.165, 1.54) is 0 Å². The van der Waals surface area contributed by atoms with Crippen LogP contribution >= 0.6 is 0 Å². The number of H-pyrrole nitrogens is 1. The Labute approximate surface area is 249 Å². The number of nitrogens with zero attached hydrogens (tertiary/aromatic N) is 1. The number of hydrogen-bond donors (Lipinski definition) is 3. The fourth-order valence-electron chi connectivity index (χ4n) is 5.65. The van der Waals surface area contributed by atoms with E-state index in [2.05, 4.69) is 15.6 Å². The smallest absolute Gasteiger partial charge is 0.258 e. The highest BCUT2D eigenvalue weighted by molar-refractivity contribution is 5.95. The van der Waals surface area contributed by atoms with E-state index in [1.54, 1.807) is 36.3 Å². The van der Waals surface area contributed by atoms with Crippen LogP contribution in [0, 0.1) is 6.92 Å². The largest absolute Gasteiger partial charge is 0.496 e. The summed E-state index contributed by atoms with van der Waals surface area (Å²) in [6.07, 6.45) is 2.26. The molecule has 43 heavy (non-hydrogen) atoms. The standard InChI is InChI=1S/C33H34N4O6/c1-20-7-8-21-13-29(20)42-19-31(38)35-16-22-9-10-24(15-30(22)41-2)43-28-11-12-37(18-27(28)36-33(21)40)32(39)14-23-17-34-26-6-4-3-5-25(23)26/h3-10,13,15,17,27-28,34H,11-12,14,16,18-19H2,1-2H3,(H,35,38)(H,36,40)/t27-,28+/m0/s1. The predicted octanol–water partition coefficient (Wildman–Crippen LogP) is 3.51. The molecule has 3 amide bonds. The van der Waals surface area contributed by atoms with Gasteiger partial charge in [-0.25, -0.2) is 0 Å². The summed E-state index contributed by atoms with van der Waals surface area (Å²) in [6, 6.07) is 18.0. The summed E-state index contributed by atoms with van der Waals surface area (Å²) in [6.45, 7) is 2.69. The molecule has 1 aromatic heterocycles. The number of likely N-dealkylation sites (tertiary alicyclic amines) is 1. The Kier molecular flexibility index (Phi) is 7.91. The normalized spacial score (nSPS) is 19.0. The van der Waals surface area contributed by atoms with Crippen molar-refractivity contribution in [2.75, 3.05) is 26.8 Å². The summed E-state index contributed by atoms with van der Waals surface area (Å²) in [7, 11) is 1.56. The predicted molar refractivity (Wildman–Crippen MR) is 160 cm³/mol. The molecule has 0 radical (unpaired) electrons. The van der Waals surface area contributed by atoms with Gasteiger partial charge in [0.15, 0.2) is 6.61 Å². The molecule has 10 heteroatoms. The average molecular weight is 583 g/mol. The van der Waals surface area contributed by atoms with Crippen LogP contribution < -0.4 is 24.8 Å². The lowest BCUT2D eigenvalue weighted by Crippen LogP contribution is -2.58. The maximum atomic E-state index is 13.5. The van der Waals surface area contributed by atoms with E-state index in [4.69, 9.17) is 14.2 Å². The second kappa shape index (κ2) is 12.1. The van der Waals surface area contributed by atoms with Gasteiger partial charge in [-0.15, -0.1) is 0 Å². The number of para-hydroxylation sites is 1. The monoisotopic (exact) mass is 582 g/mol. The molecule has 0 spiro atoms. The molecule has 4 aromatic rings. The molecule has 3 aromatic carbocycles. The van der Waals surface area contributed by atoms with Crippen molar-refractivity contribution in [2.45, 2.75) is 38.5 Å².